The van der Waals surface area contributed by atoms with Gasteiger partial charge in [-0.2, -0.15) is 0 Å². The lowest BCUT2D eigenvalue weighted by Gasteiger charge is -2.05. The lowest BCUT2D eigenvalue weighted by atomic mass is 10.1. The molecule has 0 saturated heterocycles. The topological polar surface area (TPSA) is 66.4 Å². The number of amides is 1. The molecule has 86 valence electrons. The number of nitrogens with one attached hydrogen (secondary N) is 1. The molecule has 1 aromatic rings. The zero-order chi connectivity index (χ0) is 12.1. The molecular weight excluding hydrogens is 321 g/mol. The third-order valence-electron chi connectivity index (χ3n) is 2.04. The molecule has 1 amide bonds. The highest BCUT2D eigenvalue weighted by molar-refractivity contribution is 14.1. The highest BCUT2D eigenvalue weighted by atomic mass is 127. The van der Waals surface area contributed by atoms with Gasteiger partial charge in [0.15, 0.2) is 0 Å². The Kier molecular flexibility index (Phi) is 4.72. The van der Waals surface area contributed by atoms with E-state index in [4.69, 9.17) is 5.11 Å². The van der Waals surface area contributed by atoms with Gasteiger partial charge in [-0.25, -0.2) is 0 Å². The predicted molar refractivity (Wildman–Crippen MR) is 68.5 cm³/mol. The summed E-state index contributed by atoms with van der Waals surface area (Å²) in [4.78, 5) is 21.8. The first-order valence-electron chi connectivity index (χ1n) is 4.77. The van der Waals surface area contributed by atoms with Crippen LogP contribution in [0.2, 0.25) is 0 Å². The Morgan fingerprint density at radius 1 is 1.44 bits per heavy atom. The van der Waals surface area contributed by atoms with Gasteiger partial charge in [-0.1, -0.05) is 0 Å². The van der Waals surface area contributed by atoms with E-state index in [0.717, 1.165) is 9.13 Å². The van der Waals surface area contributed by atoms with Crippen LogP contribution in [-0.4, -0.2) is 23.5 Å². The van der Waals surface area contributed by atoms with Gasteiger partial charge in [-0.15, -0.1) is 0 Å². The largest absolute Gasteiger partial charge is 0.481 e. The lowest BCUT2D eigenvalue weighted by molar-refractivity contribution is -0.136. The maximum Gasteiger partial charge on any atom is 0.305 e. The number of carbonyl (C=O) groups excluding carboxylic acids is 1. The van der Waals surface area contributed by atoms with Crippen LogP contribution in [0.4, 0.5) is 0 Å². The van der Waals surface area contributed by atoms with Crippen molar-refractivity contribution < 1.29 is 14.7 Å². The Balaban J connectivity index is 2.59. The molecule has 0 atom stereocenters. The molecule has 0 aliphatic heterocycles. The zero-order valence-electron chi connectivity index (χ0n) is 8.79. The predicted octanol–water partition coefficient (Wildman–Crippen LogP) is 1.80. The van der Waals surface area contributed by atoms with Crippen molar-refractivity contribution in [2.45, 2.75) is 13.3 Å². The molecule has 0 heterocycles. The van der Waals surface area contributed by atoms with Crippen LogP contribution in [0.1, 0.15) is 22.3 Å². The van der Waals surface area contributed by atoms with E-state index in [2.05, 4.69) is 27.9 Å². The number of hydrogen-bond donors (Lipinski definition) is 2. The second-order valence-electron chi connectivity index (χ2n) is 3.36. The van der Waals surface area contributed by atoms with Gasteiger partial charge in [-0.05, 0) is 53.3 Å². The Bertz CT molecular complexity index is 418. The maximum atomic E-state index is 11.6. The van der Waals surface area contributed by atoms with Crippen LogP contribution >= 0.6 is 22.6 Å². The highest BCUT2D eigenvalue weighted by Gasteiger charge is 2.07. The number of halogens is 1. The van der Waals surface area contributed by atoms with Crippen LogP contribution < -0.4 is 5.32 Å². The van der Waals surface area contributed by atoms with Crippen molar-refractivity contribution in [3.8, 4) is 0 Å². The second kappa shape index (κ2) is 5.83. The summed E-state index contributed by atoms with van der Waals surface area (Å²) in [6.45, 7) is 2.08. The van der Waals surface area contributed by atoms with Gasteiger partial charge in [0.2, 0.25) is 0 Å². The number of benzene rings is 1. The summed E-state index contributed by atoms with van der Waals surface area (Å²) >= 11 is 2.19. The number of hydrogen-bond acceptors (Lipinski definition) is 2. The molecule has 0 bridgehead atoms. The van der Waals surface area contributed by atoms with Gasteiger partial charge in [0.25, 0.3) is 5.91 Å². The lowest BCUT2D eigenvalue weighted by Crippen LogP contribution is -2.26. The van der Waals surface area contributed by atoms with Crippen LogP contribution in [0.3, 0.4) is 0 Å². The maximum absolute atomic E-state index is 11.6. The summed E-state index contributed by atoms with van der Waals surface area (Å²) in [5.74, 6) is -1.15. The van der Waals surface area contributed by atoms with E-state index in [1.807, 2.05) is 13.0 Å². The van der Waals surface area contributed by atoms with Gasteiger partial charge < -0.3 is 10.4 Å². The molecule has 0 spiro atoms. The van der Waals surface area contributed by atoms with Gasteiger partial charge in [0, 0.05) is 15.7 Å². The number of carbonyl (C=O) groups is 2. The number of aryl methyl sites for hydroxylation is 1. The average molecular weight is 333 g/mol. The molecule has 0 radical (unpaired) electrons. The Morgan fingerprint density at radius 2 is 2.12 bits per heavy atom. The smallest absolute Gasteiger partial charge is 0.305 e. The fourth-order valence-corrected chi connectivity index (χ4v) is 1.51. The van der Waals surface area contributed by atoms with E-state index >= 15 is 0 Å². The van der Waals surface area contributed by atoms with Crippen LogP contribution in [0.5, 0.6) is 0 Å². The van der Waals surface area contributed by atoms with Crippen molar-refractivity contribution in [2.75, 3.05) is 6.54 Å². The fourth-order valence-electron chi connectivity index (χ4n) is 1.17. The van der Waals surface area contributed by atoms with Crippen molar-refractivity contribution >= 4 is 34.5 Å². The fraction of sp³-hybridized carbons (Fsp3) is 0.273. The molecule has 16 heavy (non-hydrogen) atoms. The summed E-state index contributed by atoms with van der Waals surface area (Å²) in [7, 11) is 0. The Morgan fingerprint density at radius 3 is 2.69 bits per heavy atom. The molecule has 0 fully saturated rings. The van der Waals surface area contributed by atoms with Crippen LogP contribution in [-0.2, 0) is 4.79 Å². The Labute approximate surface area is 107 Å². The molecule has 0 saturated carbocycles. The SMILES string of the molecule is Cc1cc(C(=O)NCCC(=O)O)ccc1I. The molecule has 0 aliphatic rings. The molecule has 0 aliphatic carbocycles. The van der Waals surface area contributed by atoms with E-state index in [-0.39, 0.29) is 18.9 Å². The summed E-state index contributed by atoms with van der Waals surface area (Å²) < 4.78 is 1.10. The van der Waals surface area contributed by atoms with Crippen molar-refractivity contribution in [3.63, 3.8) is 0 Å². The van der Waals surface area contributed by atoms with Crippen molar-refractivity contribution in [1.29, 1.82) is 0 Å². The monoisotopic (exact) mass is 333 g/mol. The molecular formula is C11H12INO3. The third kappa shape index (κ3) is 3.80. The summed E-state index contributed by atoms with van der Waals surface area (Å²) in [6, 6.07) is 5.38. The average Bonchev–Trinajstić information content (AvgIpc) is 2.21. The zero-order valence-corrected chi connectivity index (χ0v) is 10.9. The first-order chi connectivity index (χ1) is 7.50. The van der Waals surface area contributed by atoms with Gasteiger partial charge in [-0.3, -0.25) is 9.59 Å². The molecule has 0 unspecified atom stereocenters. The van der Waals surface area contributed by atoms with Crippen LogP contribution in [0.25, 0.3) is 0 Å². The van der Waals surface area contributed by atoms with Crippen molar-refractivity contribution in [3.05, 3.63) is 32.9 Å². The van der Waals surface area contributed by atoms with E-state index in [1.54, 1.807) is 12.1 Å². The van der Waals surface area contributed by atoms with E-state index in [9.17, 15) is 9.59 Å². The van der Waals surface area contributed by atoms with Crippen molar-refractivity contribution in [1.82, 2.24) is 5.32 Å². The normalized spacial score (nSPS) is 9.88. The van der Waals surface area contributed by atoms with Crippen molar-refractivity contribution in [2.24, 2.45) is 0 Å². The Hall–Kier alpha value is -1.11. The number of carboxylic acids is 1. The number of carboxylic acid groups (broad SMARTS) is 1. The highest BCUT2D eigenvalue weighted by Crippen LogP contribution is 2.13. The van der Waals surface area contributed by atoms with E-state index in [1.165, 1.54) is 0 Å². The number of rotatable bonds is 4. The first-order valence-corrected chi connectivity index (χ1v) is 5.84. The van der Waals surface area contributed by atoms with Crippen LogP contribution in [0.15, 0.2) is 18.2 Å². The summed E-state index contributed by atoms with van der Waals surface area (Å²) in [5, 5.41) is 11.0. The van der Waals surface area contributed by atoms with Gasteiger partial charge in [0.1, 0.15) is 0 Å². The minimum atomic E-state index is -0.918. The summed E-state index contributed by atoms with van der Waals surface area (Å²) in [6.07, 6.45) is -0.0604. The van der Waals surface area contributed by atoms with E-state index < -0.39 is 5.97 Å². The first kappa shape index (κ1) is 13.0. The molecule has 5 heteroatoms. The standard InChI is InChI=1S/C11H12INO3/c1-7-6-8(2-3-9(7)12)11(16)13-5-4-10(14)15/h2-3,6H,4-5H2,1H3,(H,13,16)(H,14,15). The third-order valence-corrected chi connectivity index (χ3v) is 3.25. The second-order valence-corrected chi connectivity index (χ2v) is 4.53. The molecule has 1 rings (SSSR count). The van der Waals surface area contributed by atoms with Crippen LogP contribution in [0, 0.1) is 10.5 Å². The molecule has 2 N–H and O–H groups in total. The quantitative estimate of drug-likeness (QED) is 0.826. The molecule has 1 aromatic carbocycles. The molecule has 4 nitrogen and oxygen atoms in total. The minimum Gasteiger partial charge on any atom is -0.481 e. The van der Waals surface area contributed by atoms with E-state index in [0.29, 0.717) is 5.56 Å². The number of aliphatic carboxylic acids is 1. The van der Waals surface area contributed by atoms with Gasteiger partial charge >= 0.3 is 5.97 Å². The molecule has 0 aromatic heterocycles. The summed E-state index contributed by atoms with van der Waals surface area (Å²) in [5.41, 5.74) is 1.59. The minimum absolute atomic E-state index is 0.0604. The van der Waals surface area contributed by atoms with Gasteiger partial charge in [0.05, 0.1) is 6.42 Å².